The van der Waals surface area contributed by atoms with Crippen LogP contribution in [0, 0.1) is 5.82 Å². The summed E-state index contributed by atoms with van der Waals surface area (Å²) in [7, 11) is 0. The van der Waals surface area contributed by atoms with E-state index >= 15 is 0 Å². The molecule has 0 bridgehead atoms. The van der Waals surface area contributed by atoms with Crippen LogP contribution in [-0.2, 0) is 17.6 Å². The highest BCUT2D eigenvalue weighted by molar-refractivity contribution is 8.00. The number of nitrogens with one attached hydrogen (secondary N) is 2. The lowest BCUT2D eigenvalue weighted by Gasteiger charge is -2.26. The zero-order valence-corrected chi connectivity index (χ0v) is 21.8. The van der Waals surface area contributed by atoms with Crippen molar-refractivity contribution in [2.45, 2.75) is 41.9 Å². The molecule has 1 aliphatic carbocycles. The van der Waals surface area contributed by atoms with Crippen LogP contribution in [0.1, 0.15) is 35.0 Å². The maximum Gasteiger partial charge on any atom is 0.319 e. The number of urea groups is 1. The van der Waals surface area contributed by atoms with E-state index in [0.29, 0.717) is 11.4 Å². The molecule has 8 nitrogen and oxygen atoms in total. The highest BCUT2D eigenvalue weighted by Gasteiger charge is 2.29. The van der Waals surface area contributed by atoms with Gasteiger partial charge < -0.3 is 20.1 Å². The summed E-state index contributed by atoms with van der Waals surface area (Å²) in [4.78, 5) is 24.6. The second-order valence-corrected chi connectivity index (χ2v) is 11.0. The van der Waals surface area contributed by atoms with E-state index in [1.54, 1.807) is 30.1 Å². The van der Waals surface area contributed by atoms with Crippen molar-refractivity contribution in [3.05, 3.63) is 71.6 Å². The average Bonchev–Trinajstić information content (AvgIpc) is 3.63. The van der Waals surface area contributed by atoms with E-state index in [-0.39, 0.29) is 23.1 Å². The monoisotopic (exact) mass is 535 g/mol. The van der Waals surface area contributed by atoms with Crippen LogP contribution in [0.3, 0.4) is 0 Å². The van der Waals surface area contributed by atoms with Crippen molar-refractivity contribution in [2.75, 3.05) is 38.2 Å². The van der Waals surface area contributed by atoms with Crippen LogP contribution < -0.4 is 15.4 Å². The topological polar surface area (TPSA) is 88.6 Å². The molecule has 2 aromatic heterocycles. The first-order chi connectivity index (χ1) is 18.6. The van der Waals surface area contributed by atoms with Crippen LogP contribution in [0.15, 0.2) is 53.7 Å². The Balaban J connectivity index is 1.08. The van der Waals surface area contributed by atoms with Crippen molar-refractivity contribution < 1.29 is 18.7 Å². The first-order valence-electron chi connectivity index (χ1n) is 13.0. The molecule has 0 spiro atoms. The molecule has 1 atom stereocenters. The van der Waals surface area contributed by atoms with Crippen LogP contribution in [0.5, 0.6) is 11.5 Å². The fourth-order valence-electron chi connectivity index (χ4n) is 4.59. The summed E-state index contributed by atoms with van der Waals surface area (Å²) in [5.41, 5.74) is 3.52. The Morgan fingerprint density at radius 3 is 2.76 bits per heavy atom. The number of hydrogen-bond donors (Lipinski definition) is 2. The maximum atomic E-state index is 14.8. The molecule has 6 rings (SSSR count). The van der Waals surface area contributed by atoms with Crippen LogP contribution in [0.4, 0.5) is 14.9 Å². The van der Waals surface area contributed by atoms with Gasteiger partial charge in [0, 0.05) is 62.3 Å². The second kappa shape index (κ2) is 11.3. The number of morpholine rings is 1. The van der Waals surface area contributed by atoms with Crippen molar-refractivity contribution in [1.29, 1.82) is 0 Å². The van der Waals surface area contributed by atoms with Gasteiger partial charge in [0.15, 0.2) is 11.6 Å². The highest BCUT2D eigenvalue weighted by Crippen LogP contribution is 2.50. The van der Waals surface area contributed by atoms with Crippen LogP contribution in [0.25, 0.3) is 0 Å². The molecule has 2 N–H and O–H groups in total. The largest absolute Gasteiger partial charge is 0.453 e. The van der Waals surface area contributed by atoms with Crippen molar-refractivity contribution in [2.24, 2.45) is 0 Å². The normalized spacial score (nSPS) is 19.1. The van der Waals surface area contributed by atoms with Gasteiger partial charge in [0.05, 0.1) is 34.7 Å². The molecule has 1 unspecified atom stereocenters. The minimum absolute atomic E-state index is 0.0957. The first kappa shape index (κ1) is 25.1. The third-order valence-electron chi connectivity index (χ3n) is 6.90. The number of thioether (sulfide) groups is 1. The Morgan fingerprint density at radius 1 is 1.13 bits per heavy atom. The summed E-state index contributed by atoms with van der Waals surface area (Å²) in [6, 6.07) is 10.3. The molecule has 3 aromatic rings. The highest BCUT2D eigenvalue weighted by atomic mass is 32.2. The van der Waals surface area contributed by atoms with E-state index in [0.717, 1.165) is 74.8 Å². The number of carbonyl (C=O) groups excluding carboxylic acids is 1. The lowest BCUT2D eigenvalue weighted by Crippen LogP contribution is -2.37. The molecule has 2 fully saturated rings. The number of amides is 2. The second-order valence-electron chi connectivity index (χ2n) is 9.81. The van der Waals surface area contributed by atoms with Gasteiger partial charge in [-0.3, -0.25) is 14.9 Å². The molecule has 1 aromatic carbocycles. The van der Waals surface area contributed by atoms with Gasteiger partial charge >= 0.3 is 6.03 Å². The van der Waals surface area contributed by atoms with Gasteiger partial charge in [0.25, 0.3) is 0 Å². The average molecular weight is 536 g/mol. The van der Waals surface area contributed by atoms with E-state index in [9.17, 15) is 9.18 Å². The SMILES string of the molecule is O=C(Nc1ccc(Oc2ccnc3c2SC(c2ccc(CCN4CCOCC4)cn2)C3)c(F)c1)NC1CC1. The Labute approximate surface area is 225 Å². The standard InChI is InChI=1S/C28H30FN5O3S/c29-21-15-20(33-28(35)32-19-2-3-19)4-6-24(21)37-25-7-9-30-23-16-26(38-27(23)25)22-5-1-18(17-31-22)8-10-34-11-13-36-14-12-34/h1,4-7,9,15,17,19,26H,2-3,8,10-14,16H2,(H2,32,33,35). The number of rotatable bonds is 8. The molecule has 38 heavy (non-hydrogen) atoms. The van der Waals surface area contributed by atoms with Crippen LogP contribution in [0.2, 0.25) is 0 Å². The number of halogens is 1. The summed E-state index contributed by atoms with van der Waals surface area (Å²) in [6.45, 7) is 4.61. The molecule has 10 heteroatoms. The number of hydrogen-bond acceptors (Lipinski definition) is 7. The van der Waals surface area contributed by atoms with E-state index in [1.165, 1.54) is 17.7 Å². The van der Waals surface area contributed by atoms with Gasteiger partial charge in [-0.05, 0) is 43.0 Å². The molecule has 198 valence electrons. The zero-order chi connectivity index (χ0) is 25.9. The van der Waals surface area contributed by atoms with Crippen molar-refractivity contribution in [1.82, 2.24) is 20.2 Å². The van der Waals surface area contributed by atoms with Crippen molar-refractivity contribution in [3.8, 4) is 11.5 Å². The summed E-state index contributed by atoms with van der Waals surface area (Å²) >= 11 is 1.65. The van der Waals surface area contributed by atoms with Gasteiger partial charge in [-0.1, -0.05) is 6.07 Å². The fourth-order valence-corrected chi connectivity index (χ4v) is 5.88. The van der Waals surface area contributed by atoms with Gasteiger partial charge in [0.1, 0.15) is 5.75 Å². The number of ether oxygens (including phenoxy) is 2. The Bertz CT molecular complexity index is 1300. The van der Waals surface area contributed by atoms with Gasteiger partial charge in [-0.25, -0.2) is 9.18 Å². The number of fused-ring (bicyclic) bond motifs is 1. The summed E-state index contributed by atoms with van der Waals surface area (Å²) < 4.78 is 26.2. The van der Waals surface area contributed by atoms with Gasteiger partial charge in [0.2, 0.25) is 0 Å². The van der Waals surface area contributed by atoms with Gasteiger partial charge in [-0.2, -0.15) is 0 Å². The number of aromatic nitrogens is 2. The molecule has 1 saturated carbocycles. The number of anilines is 1. The van der Waals surface area contributed by atoms with E-state index < -0.39 is 5.82 Å². The van der Waals surface area contributed by atoms with E-state index in [1.807, 2.05) is 6.20 Å². The van der Waals surface area contributed by atoms with Crippen LogP contribution >= 0.6 is 11.8 Å². The molecule has 2 amide bonds. The molecule has 2 aliphatic heterocycles. The number of carbonyl (C=O) groups is 1. The molecule has 1 saturated heterocycles. The lowest BCUT2D eigenvalue weighted by molar-refractivity contribution is 0.0384. The molecule has 4 heterocycles. The minimum Gasteiger partial charge on any atom is -0.453 e. The number of pyridine rings is 2. The van der Waals surface area contributed by atoms with E-state index in [2.05, 4.69) is 32.7 Å². The van der Waals surface area contributed by atoms with Crippen molar-refractivity contribution in [3.63, 3.8) is 0 Å². The third kappa shape index (κ3) is 6.09. The fraction of sp³-hybridized carbons (Fsp3) is 0.393. The first-order valence-corrected chi connectivity index (χ1v) is 13.9. The predicted molar refractivity (Wildman–Crippen MR) is 143 cm³/mol. The van der Waals surface area contributed by atoms with Gasteiger partial charge in [-0.15, -0.1) is 11.8 Å². The molecular formula is C28H30FN5O3S. The molecular weight excluding hydrogens is 505 g/mol. The zero-order valence-electron chi connectivity index (χ0n) is 21.0. The number of benzene rings is 1. The Hall–Kier alpha value is -3.21. The summed E-state index contributed by atoms with van der Waals surface area (Å²) in [5.74, 6) is 0.114. The van der Waals surface area contributed by atoms with E-state index in [4.69, 9.17) is 14.5 Å². The summed E-state index contributed by atoms with van der Waals surface area (Å²) in [6.07, 6.45) is 7.34. The summed E-state index contributed by atoms with van der Waals surface area (Å²) in [5, 5.41) is 5.61. The lowest BCUT2D eigenvalue weighted by atomic mass is 10.1. The smallest absolute Gasteiger partial charge is 0.319 e. The minimum atomic E-state index is -0.548. The Morgan fingerprint density at radius 2 is 2.00 bits per heavy atom. The molecule has 3 aliphatic rings. The number of nitrogens with zero attached hydrogens (tertiary/aromatic N) is 3. The van der Waals surface area contributed by atoms with Crippen LogP contribution in [-0.4, -0.2) is 59.8 Å². The third-order valence-corrected chi connectivity index (χ3v) is 8.27. The molecule has 0 radical (unpaired) electrons. The quantitative estimate of drug-likeness (QED) is 0.422. The Kier molecular flexibility index (Phi) is 7.44. The predicted octanol–water partition coefficient (Wildman–Crippen LogP) is 4.96. The van der Waals surface area contributed by atoms with Crippen molar-refractivity contribution >= 4 is 23.5 Å². The maximum absolute atomic E-state index is 14.8.